The van der Waals surface area contributed by atoms with Crippen molar-refractivity contribution in [2.24, 2.45) is 0 Å². The fourth-order valence-corrected chi connectivity index (χ4v) is 5.57. The number of esters is 1. The zero-order valence-corrected chi connectivity index (χ0v) is 22.2. The minimum absolute atomic E-state index is 0.309. The highest BCUT2D eigenvalue weighted by Crippen LogP contribution is 2.42. The molecule has 9 nitrogen and oxygen atoms in total. The van der Waals surface area contributed by atoms with Gasteiger partial charge in [-0.2, -0.15) is 0 Å². The molecule has 1 aliphatic heterocycles. The molecule has 0 spiro atoms. The summed E-state index contributed by atoms with van der Waals surface area (Å²) in [7, 11) is -2.05. The summed E-state index contributed by atoms with van der Waals surface area (Å²) in [5.74, 6) is -0.438. The number of methoxy groups -OCH3 is 1. The summed E-state index contributed by atoms with van der Waals surface area (Å²) in [6, 6.07) is 23.2. The summed E-state index contributed by atoms with van der Waals surface area (Å²) in [6.07, 6.45) is 4.73. The van der Waals surface area contributed by atoms with Crippen LogP contribution in [0.5, 0.6) is 0 Å². The summed E-state index contributed by atoms with van der Waals surface area (Å²) in [5.41, 5.74) is 3.97. The van der Waals surface area contributed by atoms with Crippen molar-refractivity contribution in [1.82, 2.24) is 14.9 Å². The largest absolute Gasteiger partial charge is 0.465 e. The molecule has 4 aromatic rings. The van der Waals surface area contributed by atoms with Crippen molar-refractivity contribution >= 4 is 44.7 Å². The third kappa shape index (κ3) is 4.98. The molecule has 0 radical (unpaired) electrons. The van der Waals surface area contributed by atoms with Crippen LogP contribution in [0.3, 0.4) is 0 Å². The highest BCUT2D eigenvalue weighted by molar-refractivity contribution is 7.92. The number of anilines is 2. The molecule has 1 fully saturated rings. The summed E-state index contributed by atoms with van der Waals surface area (Å²) in [5, 5.41) is 3.90. The fraction of sp³-hybridized carbons (Fsp3) is 0.148. The molecule has 0 amide bonds. The van der Waals surface area contributed by atoms with Gasteiger partial charge in [0.15, 0.2) is 5.11 Å². The van der Waals surface area contributed by atoms with Crippen LogP contribution in [0.1, 0.15) is 33.8 Å². The lowest BCUT2D eigenvalue weighted by Crippen LogP contribution is -2.30. The Bertz CT molecular complexity index is 1590. The third-order valence-electron chi connectivity index (χ3n) is 6.20. The highest BCUT2D eigenvalue weighted by Gasteiger charge is 2.42. The minimum atomic E-state index is -3.41. The lowest BCUT2D eigenvalue weighted by atomic mass is 10.0. The van der Waals surface area contributed by atoms with E-state index in [1.807, 2.05) is 70.3 Å². The molecular formula is C27H25N5O4S2. The Morgan fingerprint density at radius 1 is 1.03 bits per heavy atom. The molecule has 194 valence electrons. The summed E-state index contributed by atoms with van der Waals surface area (Å²) >= 11 is 5.81. The number of hydrogen-bond acceptors (Lipinski definition) is 6. The fourth-order valence-electron chi connectivity index (χ4n) is 4.66. The molecule has 0 aliphatic carbocycles. The van der Waals surface area contributed by atoms with E-state index in [1.165, 1.54) is 7.11 Å². The first-order valence-corrected chi connectivity index (χ1v) is 14.0. The molecule has 0 unspecified atom stereocenters. The number of ether oxygens (including phenoxy) is 1. The van der Waals surface area contributed by atoms with Crippen molar-refractivity contribution < 1.29 is 17.9 Å². The van der Waals surface area contributed by atoms with Gasteiger partial charge in [0.1, 0.15) is 6.04 Å². The van der Waals surface area contributed by atoms with Crippen molar-refractivity contribution in [3.63, 3.8) is 0 Å². The van der Waals surface area contributed by atoms with Gasteiger partial charge in [0.05, 0.1) is 36.4 Å². The van der Waals surface area contributed by atoms with E-state index < -0.39 is 16.0 Å². The van der Waals surface area contributed by atoms with Crippen LogP contribution in [-0.4, -0.2) is 42.4 Å². The van der Waals surface area contributed by atoms with Gasteiger partial charge in [-0.3, -0.25) is 9.71 Å². The topological polar surface area (TPSA) is 106 Å². The summed E-state index contributed by atoms with van der Waals surface area (Å²) in [6.45, 7) is 0. The molecule has 11 heteroatoms. The zero-order valence-electron chi connectivity index (χ0n) is 20.6. The average Bonchev–Trinajstić information content (AvgIpc) is 3.52. The van der Waals surface area contributed by atoms with Gasteiger partial charge >= 0.3 is 5.97 Å². The number of para-hydroxylation sites is 1. The highest BCUT2D eigenvalue weighted by atomic mass is 32.2. The van der Waals surface area contributed by atoms with Gasteiger partial charge in [-0.05, 0) is 72.9 Å². The SMILES string of the molecule is COC(=O)c1ccccc1-n1cccc1[C@H]1[C@@H](c2ccccn2)NC(=S)N1c1ccc(NS(C)(=O)=O)cc1. The first-order valence-electron chi connectivity index (χ1n) is 11.7. The molecule has 0 saturated carbocycles. The molecule has 0 bridgehead atoms. The van der Waals surface area contributed by atoms with Gasteiger partial charge in [-0.25, -0.2) is 13.2 Å². The second-order valence-electron chi connectivity index (χ2n) is 8.73. The Morgan fingerprint density at radius 3 is 2.45 bits per heavy atom. The van der Waals surface area contributed by atoms with Crippen LogP contribution < -0.4 is 14.9 Å². The number of sulfonamides is 1. The van der Waals surface area contributed by atoms with Crippen LogP contribution >= 0.6 is 12.2 Å². The molecule has 1 aliphatic rings. The van der Waals surface area contributed by atoms with Gasteiger partial charge in [-0.1, -0.05) is 18.2 Å². The first kappa shape index (κ1) is 25.4. The van der Waals surface area contributed by atoms with Crippen LogP contribution in [0.25, 0.3) is 5.69 Å². The van der Waals surface area contributed by atoms with Crippen LogP contribution in [0.15, 0.2) is 91.3 Å². The molecule has 2 atom stereocenters. The first-order chi connectivity index (χ1) is 18.3. The predicted molar refractivity (Wildman–Crippen MR) is 150 cm³/mol. The molecule has 2 N–H and O–H groups in total. The van der Waals surface area contributed by atoms with Crippen molar-refractivity contribution in [1.29, 1.82) is 0 Å². The van der Waals surface area contributed by atoms with Gasteiger partial charge in [0.2, 0.25) is 10.0 Å². The summed E-state index contributed by atoms with van der Waals surface area (Å²) < 4.78 is 32.8. The van der Waals surface area contributed by atoms with E-state index in [9.17, 15) is 13.2 Å². The Morgan fingerprint density at radius 2 is 1.76 bits per heavy atom. The van der Waals surface area contributed by atoms with Crippen molar-refractivity contribution in [2.45, 2.75) is 12.1 Å². The Labute approximate surface area is 226 Å². The zero-order chi connectivity index (χ0) is 26.9. The molecule has 38 heavy (non-hydrogen) atoms. The van der Waals surface area contributed by atoms with Crippen LogP contribution in [0.2, 0.25) is 0 Å². The minimum Gasteiger partial charge on any atom is -0.465 e. The third-order valence-corrected chi connectivity index (χ3v) is 7.12. The number of thiocarbonyl (C=S) groups is 1. The Kier molecular flexibility index (Phi) is 6.87. The maximum atomic E-state index is 12.6. The number of carbonyl (C=O) groups is 1. The maximum absolute atomic E-state index is 12.6. The number of rotatable bonds is 7. The number of hydrogen-bond donors (Lipinski definition) is 2. The average molecular weight is 548 g/mol. The Hall–Kier alpha value is -4.22. The number of nitrogens with one attached hydrogen (secondary N) is 2. The second-order valence-corrected chi connectivity index (χ2v) is 10.9. The van der Waals surface area contributed by atoms with Crippen molar-refractivity contribution in [2.75, 3.05) is 23.0 Å². The smallest absolute Gasteiger partial charge is 0.339 e. The number of benzene rings is 2. The Balaban J connectivity index is 1.64. The van der Waals surface area contributed by atoms with E-state index in [0.717, 1.165) is 23.3 Å². The normalized spacial score (nSPS) is 17.2. The van der Waals surface area contributed by atoms with Crippen LogP contribution in [0, 0.1) is 0 Å². The van der Waals surface area contributed by atoms with Gasteiger partial charge in [0.25, 0.3) is 0 Å². The number of aromatic nitrogens is 2. The number of nitrogens with zero attached hydrogens (tertiary/aromatic N) is 3. The van der Waals surface area contributed by atoms with E-state index in [0.29, 0.717) is 22.1 Å². The van der Waals surface area contributed by atoms with Gasteiger partial charge < -0.3 is 19.5 Å². The number of pyridine rings is 1. The van der Waals surface area contributed by atoms with Crippen LogP contribution in [0.4, 0.5) is 11.4 Å². The van der Waals surface area contributed by atoms with Gasteiger partial charge in [0, 0.05) is 29.5 Å². The predicted octanol–water partition coefficient (Wildman–Crippen LogP) is 4.21. The second kappa shape index (κ2) is 10.3. The van der Waals surface area contributed by atoms with Crippen molar-refractivity contribution in [3.05, 3.63) is 108 Å². The van der Waals surface area contributed by atoms with E-state index in [1.54, 1.807) is 30.5 Å². The summed E-state index contributed by atoms with van der Waals surface area (Å²) in [4.78, 5) is 19.1. The lowest BCUT2D eigenvalue weighted by molar-refractivity contribution is 0.0600. The van der Waals surface area contributed by atoms with Crippen LogP contribution in [-0.2, 0) is 14.8 Å². The molecule has 2 aromatic heterocycles. The molecular weight excluding hydrogens is 522 g/mol. The molecule has 5 rings (SSSR count). The molecule has 3 heterocycles. The van der Waals surface area contributed by atoms with E-state index in [-0.39, 0.29) is 12.1 Å². The van der Waals surface area contributed by atoms with Gasteiger partial charge in [-0.15, -0.1) is 0 Å². The monoisotopic (exact) mass is 547 g/mol. The molecule has 1 saturated heterocycles. The lowest BCUT2D eigenvalue weighted by Gasteiger charge is -2.29. The standard InChI is InChI=1S/C27H25N5O4S2/c1-36-26(33)20-8-3-4-10-22(20)31-17-7-11-23(31)25-24(21-9-5-6-16-28-21)29-27(37)32(25)19-14-12-18(13-15-19)30-38(2,34)35/h3-17,24-25,30H,1-2H3,(H,29,37)/t24-,25+/m1/s1. The van der Waals surface area contributed by atoms with E-state index >= 15 is 0 Å². The van der Waals surface area contributed by atoms with E-state index in [2.05, 4.69) is 15.0 Å². The quantitative estimate of drug-likeness (QED) is 0.262. The maximum Gasteiger partial charge on any atom is 0.339 e. The molecule has 2 aromatic carbocycles. The number of carbonyl (C=O) groups excluding carboxylic acids is 1. The van der Waals surface area contributed by atoms with Crippen molar-refractivity contribution in [3.8, 4) is 5.69 Å². The van der Waals surface area contributed by atoms with E-state index in [4.69, 9.17) is 17.0 Å².